The first-order valence-corrected chi connectivity index (χ1v) is 6.97. The van der Waals surface area contributed by atoms with Crippen LogP contribution in [0.5, 0.6) is 0 Å². The van der Waals surface area contributed by atoms with Gasteiger partial charge in [-0.15, -0.1) is 0 Å². The van der Waals surface area contributed by atoms with Gasteiger partial charge in [-0.3, -0.25) is 9.59 Å². The van der Waals surface area contributed by atoms with Gasteiger partial charge in [0.2, 0.25) is 5.91 Å². The van der Waals surface area contributed by atoms with E-state index in [1.807, 2.05) is 13.8 Å². The van der Waals surface area contributed by atoms with Gasteiger partial charge in [0.1, 0.15) is 5.54 Å². The molecule has 21 heavy (non-hydrogen) atoms. The lowest BCUT2D eigenvalue weighted by molar-refractivity contribution is -0.121. The molecule has 5 nitrogen and oxygen atoms in total. The average Bonchev–Trinajstić information content (AvgIpc) is 3.21. The van der Waals surface area contributed by atoms with Gasteiger partial charge in [0.25, 0.3) is 5.91 Å². The van der Waals surface area contributed by atoms with Gasteiger partial charge in [0.15, 0.2) is 0 Å². The van der Waals surface area contributed by atoms with E-state index in [-0.39, 0.29) is 11.8 Å². The van der Waals surface area contributed by atoms with Crippen molar-refractivity contribution in [3.05, 3.63) is 29.3 Å². The molecule has 0 aromatic heterocycles. The average molecular weight is 283 g/mol. The van der Waals surface area contributed by atoms with Crippen molar-refractivity contribution in [1.29, 1.82) is 5.26 Å². The number of carbonyl (C=O) groups is 2. The van der Waals surface area contributed by atoms with Crippen LogP contribution in [0.15, 0.2) is 18.2 Å². The Morgan fingerprint density at radius 3 is 2.62 bits per heavy atom. The number of hydrogen-bond acceptors (Lipinski definition) is 3. The topological polar surface area (TPSA) is 73.2 Å². The molecule has 1 aromatic carbocycles. The predicted octanol–water partition coefficient (Wildman–Crippen LogP) is 1.73. The number of likely N-dealkylation sites (N-methyl/N-ethyl adjacent to an activating group) is 1. The summed E-state index contributed by atoms with van der Waals surface area (Å²) in [6, 6.07) is 7.40. The van der Waals surface area contributed by atoms with Crippen LogP contribution in [0.25, 0.3) is 0 Å². The van der Waals surface area contributed by atoms with E-state index in [0.717, 1.165) is 11.3 Å². The van der Waals surface area contributed by atoms with Crippen molar-refractivity contribution in [3.8, 4) is 6.07 Å². The van der Waals surface area contributed by atoms with Crippen LogP contribution in [0.3, 0.4) is 0 Å². The number of amides is 2. The summed E-state index contributed by atoms with van der Waals surface area (Å²) >= 11 is 0. The molecule has 1 heterocycles. The molecule has 108 valence electrons. The minimum atomic E-state index is -0.682. The van der Waals surface area contributed by atoms with Crippen LogP contribution in [0, 0.1) is 11.3 Å². The molecule has 0 unspecified atom stereocenters. The molecule has 0 radical (unpaired) electrons. The van der Waals surface area contributed by atoms with Gasteiger partial charge in [-0.05, 0) is 50.5 Å². The van der Waals surface area contributed by atoms with E-state index in [2.05, 4.69) is 11.4 Å². The summed E-state index contributed by atoms with van der Waals surface area (Å²) < 4.78 is 0. The van der Waals surface area contributed by atoms with Crippen molar-refractivity contribution >= 4 is 17.5 Å². The molecule has 2 amide bonds. The van der Waals surface area contributed by atoms with Gasteiger partial charge >= 0.3 is 0 Å². The van der Waals surface area contributed by atoms with E-state index in [1.54, 1.807) is 30.1 Å². The molecule has 1 saturated carbocycles. The Hall–Kier alpha value is -2.35. The maximum Gasteiger partial charge on any atom is 0.252 e. The van der Waals surface area contributed by atoms with Crippen LogP contribution >= 0.6 is 0 Å². The number of carbonyl (C=O) groups excluding carboxylic acids is 2. The molecule has 0 spiro atoms. The summed E-state index contributed by atoms with van der Waals surface area (Å²) in [5, 5.41) is 11.8. The van der Waals surface area contributed by atoms with Gasteiger partial charge in [-0.2, -0.15) is 5.26 Å². The predicted molar refractivity (Wildman–Crippen MR) is 77.9 cm³/mol. The molecule has 2 aliphatic rings. The number of benzene rings is 1. The number of hydrogen-bond donors (Lipinski definition) is 1. The van der Waals surface area contributed by atoms with E-state index in [9.17, 15) is 9.59 Å². The van der Waals surface area contributed by atoms with Crippen molar-refractivity contribution in [2.75, 3.05) is 11.9 Å². The third kappa shape index (κ3) is 1.90. The maximum atomic E-state index is 12.3. The van der Waals surface area contributed by atoms with Gasteiger partial charge in [0, 0.05) is 18.3 Å². The first-order valence-electron chi connectivity index (χ1n) is 6.97. The summed E-state index contributed by atoms with van der Waals surface area (Å²) in [5.74, 6) is -0.236. The van der Waals surface area contributed by atoms with Crippen LogP contribution in [0.1, 0.15) is 42.6 Å². The summed E-state index contributed by atoms with van der Waals surface area (Å²) in [5.41, 5.74) is 0.865. The van der Waals surface area contributed by atoms with Gasteiger partial charge in [0.05, 0.1) is 11.5 Å². The lowest BCUT2D eigenvalue weighted by Gasteiger charge is -2.17. The Morgan fingerprint density at radius 2 is 2.05 bits per heavy atom. The Balaban J connectivity index is 1.94. The molecular weight excluding hydrogens is 266 g/mol. The lowest BCUT2D eigenvalue weighted by atomic mass is 9.85. The normalized spacial score (nSPS) is 20.7. The highest BCUT2D eigenvalue weighted by Crippen LogP contribution is 2.41. The molecule has 1 aliphatic heterocycles. The van der Waals surface area contributed by atoms with E-state index >= 15 is 0 Å². The summed E-state index contributed by atoms with van der Waals surface area (Å²) in [7, 11) is 1.74. The number of rotatable bonds is 2. The van der Waals surface area contributed by atoms with Gasteiger partial charge in [-0.1, -0.05) is 0 Å². The van der Waals surface area contributed by atoms with Crippen LogP contribution in [-0.2, 0) is 10.2 Å². The zero-order valence-electron chi connectivity index (χ0n) is 12.4. The van der Waals surface area contributed by atoms with Gasteiger partial charge < -0.3 is 10.2 Å². The first kappa shape index (κ1) is 13.6. The fraction of sp³-hybridized carbons (Fsp3) is 0.438. The molecule has 0 bridgehead atoms. The Labute approximate surface area is 123 Å². The van der Waals surface area contributed by atoms with Gasteiger partial charge in [-0.25, -0.2) is 0 Å². The van der Waals surface area contributed by atoms with E-state index in [1.165, 1.54) is 0 Å². The SMILES string of the molecule is CN1C(=O)C(C)(C)c2cc(C(=O)NC3(C#N)CC3)ccc21. The van der Waals surface area contributed by atoms with E-state index < -0.39 is 11.0 Å². The highest BCUT2D eigenvalue weighted by molar-refractivity contribution is 6.08. The lowest BCUT2D eigenvalue weighted by Crippen LogP contribution is -2.35. The number of anilines is 1. The number of nitrogens with zero attached hydrogens (tertiary/aromatic N) is 2. The highest BCUT2D eigenvalue weighted by atomic mass is 16.2. The van der Waals surface area contributed by atoms with Crippen molar-refractivity contribution in [2.45, 2.75) is 37.6 Å². The summed E-state index contributed by atoms with van der Waals surface area (Å²) in [4.78, 5) is 26.1. The fourth-order valence-corrected chi connectivity index (χ4v) is 2.79. The third-order valence-electron chi connectivity index (χ3n) is 4.45. The summed E-state index contributed by atoms with van der Waals surface area (Å²) in [6.45, 7) is 3.72. The Morgan fingerprint density at radius 1 is 1.38 bits per heavy atom. The van der Waals surface area contributed by atoms with Crippen molar-refractivity contribution in [2.24, 2.45) is 0 Å². The monoisotopic (exact) mass is 283 g/mol. The van der Waals surface area contributed by atoms with E-state index in [4.69, 9.17) is 5.26 Å². The molecule has 0 atom stereocenters. The number of nitrogens with one attached hydrogen (secondary N) is 1. The van der Waals surface area contributed by atoms with Crippen LogP contribution in [0.4, 0.5) is 5.69 Å². The second kappa shape index (κ2) is 4.08. The Kier molecular flexibility index (Phi) is 2.64. The van der Waals surface area contributed by atoms with Crippen LogP contribution < -0.4 is 10.2 Å². The fourth-order valence-electron chi connectivity index (χ4n) is 2.79. The zero-order chi connectivity index (χ0) is 15.4. The minimum absolute atomic E-state index is 0.0192. The number of fused-ring (bicyclic) bond motifs is 1. The smallest absolute Gasteiger partial charge is 0.252 e. The molecule has 1 aromatic rings. The Bertz CT molecular complexity index is 696. The van der Waals surface area contributed by atoms with Crippen molar-refractivity contribution < 1.29 is 9.59 Å². The number of nitriles is 1. The van der Waals surface area contributed by atoms with Crippen LogP contribution in [0.2, 0.25) is 0 Å². The standard InChI is InChI=1S/C16H17N3O2/c1-15(2)11-8-10(4-5-12(11)19(3)14(15)21)13(20)18-16(9-17)6-7-16/h4-5,8H,6-7H2,1-3H3,(H,18,20). The first-order chi connectivity index (χ1) is 9.81. The zero-order valence-corrected chi connectivity index (χ0v) is 12.4. The van der Waals surface area contributed by atoms with Crippen molar-refractivity contribution in [1.82, 2.24) is 5.32 Å². The minimum Gasteiger partial charge on any atom is -0.334 e. The molecule has 3 rings (SSSR count). The molecule has 0 saturated heterocycles. The quantitative estimate of drug-likeness (QED) is 0.898. The second-order valence-corrected chi connectivity index (χ2v) is 6.37. The largest absolute Gasteiger partial charge is 0.334 e. The van der Waals surface area contributed by atoms with Crippen LogP contribution in [-0.4, -0.2) is 24.4 Å². The molecule has 1 N–H and O–H groups in total. The molecule has 5 heteroatoms. The maximum absolute atomic E-state index is 12.3. The molecule has 1 aliphatic carbocycles. The van der Waals surface area contributed by atoms with E-state index in [0.29, 0.717) is 18.4 Å². The second-order valence-electron chi connectivity index (χ2n) is 6.37. The summed E-state index contributed by atoms with van der Waals surface area (Å²) in [6.07, 6.45) is 1.40. The molecular formula is C16H17N3O2. The third-order valence-corrected chi connectivity index (χ3v) is 4.45. The molecule has 1 fully saturated rings. The highest BCUT2D eigenvalue weighted by Gasteiger charge is 2.45. The van der Waals surface area contributed by atoms with Crippen molar-refractivity contribution in [3.63, 3.8) is 0 Å².